The van der Waals surface area contributed by atoms with Crippen LogP contribution in [0, 0.1) is 16.2 Å². The maximum absolute atomic E-state index is 8.49. The largest absolute Gasteiger partial charge is 0.347 e. The Labute approximate surface area is 275 Å². The number of halogens is 2. The molecule has 0 spiro atoms. The molecule has 0 N–H and O–H groups in total. The van der Waals surface area contributed by atoms with E-state index in [1.807, 2.05) is 0 Å². The topological polar surface area (TPSA) is 95.5 Å². The Balaban J connectivity index is 0.000000712. The van der Waals surface area contributed by atoms with Crippen LogP contribution in [0.4, 0.5) is 5.69 Å². The molecule has 2 aliphatic rings. The Bertz CT molecular complexity index is 1810. The molecule has 0 saturated heterocycles. The van der Waals surface area contributed by atoms with Gasteiger partial charge < -0.3 is 4.90 Å². The van der Waals surface area contributed by atoms with Crippen molar-refractivity contribution in [3.8, 4) is 0 Å². The highest BCUT2D eigenvalue weighted by atomic mass is 127. The summed E-state index contributed by atoms with van der Waals surface area (Å²) in [5, 5.41) is 5.41. The Kier molecular flexibility index (Phi) is 9.16. The Morgan fingerprint density at radius 3 is 1.86 bits per heavy atom. The molecule has 0 amide bonds. The number of fused-ring (bicyclic) bond motifs is 6. The molecule has 6 rings (SSSR count). The fourth-order valence-corrected chi connectivity index (χ4v) is 8.83. The molecule has 7 heteroatoms. The average Bonchev–Trinajstić information content (AvgIpc) is 3.29. The summed E-state index contributed by atoms with van der Waals surface area (Å²) in [6, 6.07) is 26.7. The molecule has 0 fully saturated rings. The van der Waals surface area contributed by atoms with E-state index in [9.17, 15) is 0 Å². The first-order chi connectivity index (χ1) is 20.7. The number of allylic oxidation sites excluding steroid dienone is 8. The van der Waals surface area contributed by atoms with Crippen LogP contribution in [-0.2, 0) is 10.8 Å². The maximum Gasteiger partial charge on any atom is 0.261 e. The summed E-state index contributed by atoms with van der Waals surface area (Å²) in [4.78, 5) is 2.35. The van der Waals surface area contributed by atoms with E-state index >= 15 is 0 Å². The Morgan fingerprint density at radius 2 is 1.23 bits per heavy atom. The van der Waals surface area contributed by atoms with E-state index < -0.39 is 10.2 Å². The summed E-state index contributed by atoms with van der Waals surface area (Å²) in [7, 11) is -2.76. The van der Waals surface area contributed by atoms with Gasteiger partial charge in [-0.25, -0.2) is 18.6 Å². The molecule has 0 aromatic heterocycles. The van der Waals surface area contributed by atoms with E-state index in [0.717, 1.165) is 0 Å². The number of anilines is 1. The van der Waals surface area contributed by atoms with Gasteiger partial charge in [0.2, 0.25) is 0 Å². The van der Waals surface area contributed by atoms with Crippen LogP contribution >= 0.6 is 0 Å². The van der Waals surface area contributed by atoms with Gasteiger partial charge in [-0.2, -0.15) is 0 Å². The fourth-order valence-electron chi connectivity index (χ4n) is 7.04. The van der Waals surface area contributed by atoms with Crippen LogP contribution < -0.4 is 46.1 Å². The van der Waals surface area contributed by atoms with Crippen molar-refractivity contribution < 1.29 is 51.5 Å². The van der Waals surface area contributed by atoms with Crippen molar-refractivity contribution in [3.63, 3.8) is 0 Å². The summed E-state index contributed by atoms with van der Waals surface area (Å²) in [5.41, 5.74) is 7.12. The van der Waals surface area contributed by atoms with Crippen LogP contribution in [0.1, 0.15) is 48.3 Å². The first kappa shape index (κ1) is 32.4. The van der Waals surface area contributed by atoms with E-state index in [-0.39, 0.29) is 10.8 Å². The van der Waals surface area contributed by atoms with Crippen molar-refractivity contribution in [2.75, 3.05) is 11.9 Å². The zero-order valence-corrected chi connectivity index (χ0v) is 28.6. The van der Waals surface area contributed by atoms with Crippen molar-refractivity contribution in [3.05, 3.63) is 138 Å². The monoisotopic (exact) mass is 721 g/mol. The van der Waals surface area contributed by atoms with Gasteiger partial charge in [-0.3, -0.25) is 0 Å². The highest BCUT2D eigenvalue weighted by Crippen LogP contribution is 2.51. The summed E-state index contributed by atoms with van der Waals surface area (Å²) in [5.74, 6) is 0.472. The standard InChI is InChI=1S/C37H37IN.ClHO4/c1-36(2)30(35(38)29-23-21-25-15-11-13-17-27(25)33(29)36)19-9-7-6-8-10-20-32-37(3,4)34-28-18-14-12-16-26(28)22-24-31(34)39(32)5;2-1(3,4)5/h6-24,30,35,38H,1-5H3;(H,2,3,4,5)/q+1;/p-1. The van der Waals surface area contributed by atoms with Gasteiger partial charge in [0.15, 0.2) is 3.92 Å². The van der Waals surface area contributed by atoms with Gasteiger partial charge in [0.05, 0.1) is 0 Å². The lowest BCUT2D eigenvalue weighted by atomic mass is 9.77. The highest BCUT2D eigenvalue weighted by Gasteiger charge is 2.48. The minimum atomic E-state index is -4.94. The Hall–Kier alpha value is -2.98. The molecular weight excluding hydrogens is 685 g/mol. The first-order valence-corrected chi connectivity index (χ1v) is 17.1. The van der Waals surface area contributed by atoms with Crippen molar-refractivity contribution in [1.29, 1.82) is 0 Å². The zero-order chi connectivity index (χ0) is 31.9. The van der Waals surface area contributed by atoms with Gasteiger partial charge in [0, 0.05) is 40.7 Å². The molecule has 5 nitrogen and oxygen atoms in total. The van der Waals surface area contributed by atoms with Gasteiger partial charge in [0.25, 0.3) is 22.6 Å². The van der Waals surface area contributed by atoms with Gasteiger partial charge in [-0.1, -0.05) is 131 Å². The molecule has 0 radical (unpaired) electrons. The summed E-state index contributed by atoms with van der Waals surface area (Å²) < 4.78 is 34.5. The van der Waals surface area contributed by atoms with Crippen LogP contribution in [0.25, 0.3) is 21.5 Å². The average molecular weight is 722 g/mol. The first-order valence-electron chi connectivity index (χ1n) is 14.5. The smallest absolute Gasteiger partial charge is 0.261 e. The molecule has 4 aromatic carbocycles. The van der Waals surface area contributed by atoms with Crippen LogP contribution in [0.5, 0.6) is 0 Å². The summed E-state index contributed by atoms with van der Waals surface area (Å²) in [6.45, 7) is 9.50. The van der Waals surface area contributed by atoms with E-state index in [0.29, 0.717) is 9.84 Å². The highest BCUT2D eigenvalue weighted by molar-refractivity contribution is 5.94. The molecule has 1 aliphatic carbocycles. The van der Waals surface area contributed by atoms with Crippen molar-refractivity contribution in [2.45, 2.75) is 42.4 Å². The van der Waals surface area contributed by atoms with Crippen LogP contribution in [0.15, 0.2) is 121 Å². The fraction of sp³-hybridized carbons (Fsp3) is 0.243. The third-order valence-electron chi connectivity index (χ3n) is 8.98. The van der Waals surface area contributed by atoms with Crippen LogP contribution in [0.2, 0.25) is 0 Å². The van der Waals surface area contributed by atoms with Crippen LogP contribution in [0.3, 0.4) is 0 Å². The number of hydrogen-bond acceptors (Lipinski definition) is 5. The van der Waals surface area contributed by atoms with E-state index in [1.165, 1.54) is 49.6 Å². The maximum atomic E-state index is 8.49. The lowest BCUT2D eigenvalue weighted by Gasteiger charge is -2.26. The minimum absolute atomic E-state index is 0.0530. The Morgan fingerprint density at radius 1 is 0.705 bits per heavy atom. The number of likely N-dealkylation sites (N-methyl/N-ethyl adjacent to an activating group) is 1. The summed E-state index contributed by atoms with van der Waals surface area (Å²) >= 11 is 2.29. The van der Waals surface area contributed by atoms with Crippen molar-refractivity contribution in [2.24, 2.45) is 5.92 Å². The second-order valence-electron chi connectivity index (χ2n) is 12.4. The van der Waals surface area contributed by atoms with Crippen molar-refractivity contribution >= 4 is 27.2 Å². The molecule has 1 aliphatic heterocycles. The minimum Gasteiger partial charge on any atom is -0.347 e. The van der Waals surface area contributed by atoms with E-state index in [4.69, 9.17) is 18.6 Å². The molecule has 4 aromatic rings. The quantitative estimate of drug-likeness (QED) is 0.181. The van der Waals surface area contributed by atoms with E-state index in [2.05, 4.69) is 178 Å². The lowest BCUT2D eigenvalue weighted by Crippen LogP contribution is -3.35. The van der Waals surface area contributed by atoms with Gasteiger partial charge in [0.1, 0.15) is 0 Å². The molecule has 2 unspecified atom stereocenters. The molecule has 1 heterocycles. The van der Waals surface area contributed by atoms with E-state index in [1.54, 1.807) is 0 Å². The summed E-state index contributed by atoms with van der Waals surface area (Å²) in [6.07, 6.45) is 15.6. The predicted molar refractivity (Wildman–Crippen MR) is 165 cm³/mol. The normalized spacial score (nSPS) is 21.5. The molecule has 2 atom stereocenters. The number of rotatable bonds is 4. The number of nitrogens with zero attached hydrogens (tertiary/aromatic N) is 1. The van der Waals surface area contributed by atoms with Crippen molar-refractivity contribution in [1.82, 2.24) is 0 Å². The molecular formula is C37H37ClINO4. The molecule has 44 heavy (non-hydrogen) atoms. The van der Waals surface area contributed by atoms with Gasteiger partial charge in [-0.05, 0) is 44.8 Å². The third-order valence-corrected chi connectivity index (χ3v) is 10.5. The molecule has 228 valence electrons. The lowest BCUT2D eigenvalue weighted by molar-refractivity contribution is -2.00. The number of benzene rings is 4. The van der Waals surface area contributed by atoms with Gasteiger partial charge >= 0.3 is 0 Å². The SMILES string of the molecule is CN1C(=CC=CC=CC=CC2C([IH+])c3ccc4ccccc4c3C2(C)C)C(C)(C)c2c1ccc1ccccc21.[O-][Cl+3]([O-])([O-])[O-]. The zero-order valence-electron chi connectivity index (χ0n) is 25.5. The second kappa shape index (κ2) is 12.4. The second-order valence-corrected chi connectivity index (χ2v) is 14.6. The third kappa shape index (κ3) is 6.25. The van der Waals surface area contributed by atoms with Gasteiger partial charge in [-0.15, -0.1) is 10.2 Å². The number of alkyl halides is 1. The molecule has 0 saturated carbocycles. The number of hydrogen-bond donors (Lipinski definition) is 0. The predicted octanol–water partition coefficient (Wildman–Crippen LogP) is 1.45. The van der Waals surface area contributed by atoms with Crippen LogP contribution in [-0.4, -0.2) is 7.05 Å². The molecule has 0 bridgehead atoms.